The summed E-state index contributed by atoms with van der Waals surface area (Å²) in [5.41, 5.74) is 6.92. The van der Waals surface area contributed by atoms with Crippen molar-refractivity contribution in [2.75, 3.05) is 10.6 Å². The van der Waals surface area contributed by atoms with Crippen LogP contribution in [0.2, 0.25) is 0 Å². The van der Waals surface area contributed by atoms with Gasteiger partial charge in [-0.1, -0.05) is 48.9 Å². The smallest absolute Gasteiger partial charge is 0.308 e. The van der Waals surface area contributed by atoms with Crippen molar-refractivity contribution < 1.29 is 4.79 Å². The van der Waals surface area contributed by atoms with Crippen molar-refractivity contribution in [3.8, 4) is 0 Å². The molecule has 27 heavy (non-hydrogen) atoms. The van der Waals surface area contributed by atoms with Crippen molar-refractivity contribution in [2.45, 2.75) is 40.7 Å². The summed E-state index contributed by atoms with van der Waals surface area (Å²) >= 11 is 0. The number of rotatable bonds is 5. The number of benzene rings is 2. The molecular weight excluding hydrogens is 336 g/mol. The van der Waals surface area contributed by atoms with Crippen molar-refractivity contribution in [1.29, 1.82) is 0 Å². The van der Waals surface area contributed by atoms with Crippen molar-refractivity contribution in [2.24, 2.45) is 0 Å². The number of aryl methyl sites for hydroxylation is 3. The van der Waals surface area contributed by atoms with Crippen molar-refractivity contribution in [3.05, 3.63) is 76.6 Å². The first-order valence-electron chi connectivity index (χ1n) is 9.22. The molecule has 140 valence electrons. The molecule has 0 bridgehead atoms. The molecule has 0 unspecified atom stereocenters. The number of aromatic nitrogens is 2. The van der Waals surface area contributed by atoms with Crippen LogP contribution in [0.1, 0.15) is 35.0 Å². The van der Waals surface area contributed by atoms with Crippen LogP contribution >= 0.6 is 0 Å². The number of nitrogens with zero attached hydrogens (tertiary/aromatic N) is 2. The van der Waals surface area contributed by atoms with Crippen molar-refractivity contribution >= 4 is 17.4 Å². The molecule has 0 radical (unpaired) electrons. The predicted molar refractivity (Wildman–Crippen MR) is 110 cm³/mol. The topological polar surface area (TPSA) is 59.0 Å². The molecule has 5 nitrogen and oxygen atoms in total. The second-order valence-corrected chi connectivity index (χ2v) is 6.82. The van der Waals surface area contributed by atoms with Gasteiger partial charge >= 0.3 is 6.03 Å². The molecule has 2 aromatic carbocycles. The first kappa shape index (κ1) is 18.7. The Balaban J connectivity index is 1.69. The third-order valence-corrected chi connectivity index (χ3v) is 4.69. The standard InChI is InChI=1S/C22H26N4O/c1-5-18-10-12-20(13-11-18)23-22(27)24-21-16(3)25-26(17(21)4)14-19-8-6-15(2)7-9-19/h6-13H,5,14H2,1-4H3,(H2,23,24,27). The van der Waals surface area contributed by atoms with Crippen LogP contribution in [-0.2, 0) is 13.0 Å². The highest BCUT2D eigenvalue weighted by Crippen LogP contribution is 2.21. The first-order valence-corrected chi connectivity index (χ1v) is 9.22. The fourth-order valence-electron chi connectivity index (χ4n) is 3.00. The van der Waals surface area contributed by atoms with Crippen LogP contribution < -0.4 is 10.6 Å². The minimum Gasteiger partial charge on any atom is -0.308 e. The summed E-state index contributed by atoms with van der Waals surface area (Å²) in [7, 11) is 0. The predicted octanol–water partition coefficient (Wildman–Crippen LogP) is 5.06. The Bertz CT molecular complexity index is 924. The highest BCUT2D eigenvalue weighted by Gasteiger charge is 2.14. The number of hydrogen-bond acceptors (Lipinski definition) is 2. The Morgan fingerprint density at radius 3 is 2.19 bits per heavy atom. The molecule has 0 aliphatic carbocycles. The van der Waals surface area contributed by atoms with E-state index in [0.29, 0.717) is 6.54 Å². The molecule has 3 rings (SSSR count). The van der Waals surface area contributed by atoms with Gasteiger partial charge in [0.15, 0.2) is 0 Å². The van der Waals surface area contributed by atoms with Crippen LogP contribution in [0.15, 0.2) is 48.5 Å². The Labute approximate surface area is 160 Å². The van der Waals surface area contributed by atoms with Gasteiger partial charge in [0.2, 0.25) is 0 Å². The molecule has 1 aromatic heterocycles. The van der Waals surface area contributed by atoms with E-state index >= 15 is 0 Å². The van der Waals surface area contributed by atoms with Gasteiger partial charge in [-0.2, -0.15) is 5.10 Å². The molecule has 0 aliphatic heterocycles. The lowest BCUT2D eigenvalue weighted by Crippen LogP contribution is -2.20. The second-order valence-electron chi connectivity index (χ2n) is 6.82. The lowest BCUT2D eigenvalue weighted by molar-refractivity contribution is 0.262. The highest BCUT2D eigenvalue weighted by molar-refractivity contribution is 6.00. The molecule has 0 saturated carbocycles. The maximum atomic E-state index is 12.4. The molecule has 2 N–H and O–H groups in total. The number of amides is 2. The molecule has 0 atom stereocenters. The monoisotopic (exact) mass is 362 g/mol. The Hall–Kier alpha value is -3.08. The van der Waals surface area contributed by atoms with E-state index < -0.39 is 0 Å². The van der Waals surface area contributed by atoms with Crippen LogP contribution in [0.3, 0.4) is 0 Å². The quantitative estimate of drug-likeness (QED) is 0.666. The van der Waals surface area contributed by atoms with Crippen LogP contribution in [0, 0.1) is 20.8 Å². The zero-order chi connectivity index (χ0) is 19.4. The van der Waals surface area contributed by atoms with Crippen molar-refractivity contribution in [1.82, 2.24) is 9.78 Å². The van der Waals surface area contributed by atoms with E-state index in [4.69, 9.17) is 0 Å². The molecule has 0 aliphatic rings. The maximum Gasteiger partial charge on any atom is 0.323 e. The van der Waals surface area contributed by atoms with E-state index in [1.165, 1.54) is 16.7 Å². The number of anilines is 2. The molecule has 1 heterocycles. The summed E-state index contributed by atoms with van der Waals surface area (Å²) in [5.74, 6) is 0. The van der Waals surface area contributed by atoms with Gasteiger partial charge in [0, 0.05) is 5.69 Å². The molecule has 5 heteroatoms. The summed E-state index contributed by atoms with van der Waals surface area (Å²) in [5, 5.41) is 10.4. The number of nitrogens with one attached hydrogen (secondary N) is 2. The van der Waals surface area contributed by atoms with Gasteiger partial charge in [0.1, 0.15) is 0 Å². The highest BCUT2D eigenvalue weighted by atomic mass is 16.2. The third-order valence-electron chi connectivity index (χ3n) is 4.69. The number of hydrogen-bond donors (Lipinski definition) is 2. The van der Waals surface area contributed by atoms with Gasteiger partial charge in [-0.3, -0.25) is 4.68 Å². The van der Waals surface area contributed by atoms with Gasteiger partial charge in [0.25, 0.3) is 0 Å². The summed E-state index contributed by atoms with van der Waals surface area (Å²) in [6.45, 7) is 8.73. The first-order chi connectivity index (χ1) is 13.0. The summed E-state index contributed by atoms with van der Waals surface area (Å²) < 4.78 is 1.92. The Kier molecular flexibility index (Phi) is 5.60. The van der Waals surface area contributed by atoms with Gasteiger partial charge in [0.05, 0.1) is 23.6 Å². The van der Waals surface area contributed by atoms with E-state index in [1.54, 1.807) is 0 Å². The summed E-state index contributed by atoms with van der Waals surface area (Å²) in [6.07, 6.45) is 0.977. The summed E-state index contributed by atoms with van der Waals surface area (Å²) in [6, 6.07) is 16.0. The lowest BCUT2D eigenvalue weighted by atomic mass is 10.1. The fraction of sp³-hybridized carbons (Fsp3) is 0.273. The van der Waals surface area contributed by atoms with E-state index in [2.05, 4.69) is 53.8 Å². The van der Waals surface area contributed by atoms with E-state index in [-0.39, 0.29) is 6.03 Å². The van der Waals surface area contributed by atoms with Crippen LogP contribution in [-0.4, -0.2) is 15.8 Å². The van der Waals surface area contributed by atoms with Gasteiger partial charge in [-0.25, -0.2) is 4.79 Å². The SMILES string of the molecule is CCc1ccc(NC(=O)Nc2c(C)nn(Cc3ccc(C)cc3)c2C)cc1. The number of carbonyl (C=O) groups excluding carboxylic acids is 1. The number of carbonyl (C=O) groups is 1. The third kappa shape index (κ3) is 4.56. The van der Waals surface area contributed by atoms with Gasteiger partial charge in [-0.05, 0) is 50.5 Å². The molecule has 2 amide bonds. The molecule has 0 spiro atoms. The van der Waals surface area contributed by atoms with Crippen molar-refractivity contribution in [3.63, 3.8) is 0 Å². The van der Waals surface area contributed by atoms with Gasteiger partial charge in [-0.15, -0.1) is 0 Å². The zero-order valence-electron chi connectivity index (χ0n) is 16.3. The van der Waals surface area contributed by atoms with Gasteiger partial charge < -0.3 is 10.6 Å². The largest absolute Gasteiger partial charge is 0.323 e. The molecule has 0 fully saturated rings. The average molecular weight is 362 g/mol. The minimum atomic E-state index is -0.264. The maximum absolute atomic E-state index is 12.4. The Morgan fingerprint density at radius 1 is 0.926 bits per heavy atom. The molecule has 0 saturated heterocycles. The zero-order valence-corrected chi connectivity index (χ0v) is 16.3. The lowest BCUT2D eigenvalue weighted by Gasteiger charge is -2.09. The van der Waals surface area contributed by atoms with Crippen LogP contribution in [0.4, 0.5) is 16.2 Å². The Morgan fingerprint density at radius 2 is 1.56 bits per heavy atom. The number of urea groups is 1. The normalized spacial score (nSPS) is 10.7. The van der Waals surface area contributed by atoms with Crippen LogP contribution in [0.25, 0.3) is 0 Å². The average Bonchev–Trinajstić information content (AvgIpc) is 2.91. The fourth-order valence-corrected chi connectivity index (χ4v) is 3.00. The summed E-state index contributed by atoms with van der Waals surface area (Å²) in [4.78, 5) is 12.4. The van der Waals surface area contributed by atoms with E-state index in [0.717, 1.165) is 29.2 Å². The minimum absolute atomic E-state index is 0.264. The van der Waals surface area contributed by atoms with E-state index in [1.807, 2.05) is 42.8 Å². The molecule has 3 aromatic rings. The van der Waals surface area contributed by atoms with Crippen LogP contribution in [0.5, 0.6) is 0 Å². The van der Waals surface area contributed by atoms with E-state index in [9.17, 15) is 4.79 Å². The second kappa shape index (κ2) is 8.08. The molecular formula is C22H26N4O.